The summed E-state index contributed by atoms with van der Waals surface area (Å²) >= 11 is 0. The molecule has 0 spiro atoms. The second-order valence-corrected chi connectivity index (χ2v) is 7.05. The second kappa shape index (κ2) is 10.2. The summed E-state index contributed by atoms with van der Waals surface area (Å²) in [6, 6.07) is 8.75. The monoisotopic (exact) mass is 358 g/mol. The molecule has 0 aliphatic rings. The molecule has 5 nitrogen and oxygen atoms in total. The fourth-order valence-electron chi connectivity index (χ4n) is 2.82. The first-order valence-corrected chi connectivity index (χ1v) is 9.72. The van der Waals surface area contributed by atoms with Crippen LogP contribution in [0.25, 0.3) is 11.0 Å². The van der Waals surface area contributed by atoms with Gasteiger partial charge in [-0.05, 0) is 60.2 Å². The Kier molecular flexibility index (Phi) is 7.98. The van der Waals surface area contributed by atoms with E-state index in [4.69, 9.17) is 9.41 Å². The van der Waals surface area contributed by atoms with Crippen molar-refractivity contribution in [1.82, 2.24) is 15.5 Å². The van der Waals surface area contributed by atoms with Crippen molar-refractivity contribution < 1.29 is 4.42 Å². The standard InChI is InChI=1S/C21H34N4O/c1-6-22-21(23-13-9-10-14-25(5)16(2)3)24-15-20-17(4)18-11-7-8-12-19(18)26-20/h7-8,11-12,16H,6,9-10,13-15H2,1-5H3,(H2,22,23,24). The van der Waals surface area contributed by atoms with E-state index in [1.54, 1.807) is 0 Å². The number of unbranched alkanes of at least 4 members (excludes halogenated alkanes) is 1. The molecule has 0 fully saturated rings. The Morgan fingerprint density at radius 1 is 1.19 bits per heavy atom. The summed E-state index contributed by atoms with van der Waals surface area (Å²) in [7, 11) is 2.18. The average molecular weight is 359 g/mol. The van der Waals surface area contributed by atoms with Gasteiger partial charge in [0.25, 0.3) is 0 Å². The third kappa shape index (κ3) is 5.77. The Hall–Kier alpha value is -2.01. The number of aliphatic imine (C=N–C) groups is 1. The Balaban J connectivity index is 1.86. The van der Waals surface area contributed by atoms with Crippen LogP contribution in [0.5, 0.6) is 0 Å². The first kappa shape index (κ1) is 20.3. The lowest BCUT2D eigenvalue weighted by Crippen LogP contribution is -2.38. The molecule has 0 bridgehead atoms. The number of furan rings is 1. The second-order valence-electron chi connectivity index (χ2n) is 7.05. The van der Waals surface area contributed by atoms with Gasteiger partial charge in [-0.2, -0.15) is 0 Å². The van der Waals surface area contributed by atoms with E-state index in [1.807, 2.05) is 18.2 Å². The summed E-state index contributed by atoms with van der Waals surface area (Å²) in [5.74, 6) is 1.78. The van der Waals surface area contributed by atoms with Crippen molar-refractivity contribution >= 4 is 16.9 Å². The van der Waals surface area contributed by atoms with Crippen molar-refractivity contribution in [3.05, 3.63) is 35.6 Å². The third-order valence-electron chi connectivity index (χ3n) is 4.78. The van der Waals surface area contributed by atoms with Crippen molar-refractivity contribution in [2.24, 2.45) is 4.99 Å². The molecule has 2 rings (SSSR count). The topological polar surface area (TPSA) is 52.8 Å². The van der Waals surface area contributed by atoms with Gasteiger partial charge in [-0.25, -0.2) is 4.99 Å². The van der Waals surface area contributed by atoms with E-state index in [-0.39, 0.29) is 0 Å². The summed E-state index contributed by atoms with van der Waals surface area (Å²) in [6.45, 7) is 12.1. The fourth-order valence-corrected chi connectivity index (χ4v) is 2.82. The lowest BCUT2D eigenvalue weighted by atomic mass is 10.1. The normalized spacial score (nSPS) is 12.3. The molecule has 5 heteroatoms. The van der Waals surface area contributed by atoms with Gasteiger partial charge >= 0.3 is 0 Å². The maximum Gasteiger partial charge on any atom is 0.191 e. The van der Waals surface area contributed by atoms with Crippen LogP contribution in [0.3, 0.4) is 0 Å². The quantitative estimate of drug-likeness (QED) is 0.405. The number of rotatable bonds is 9. The predicted molar refractivity (Wildman–Crippen MR) is 111 cm³/mol. The van der Waals surface area contributed by atoms with E-state index in [2.05, 4.69) is 56.3 Å². The van der Waals surface area contributed by atoms with Crippen molar-refractivity contribution in [3.63, 3.8) is 0 Å². The summed E-state index contributed by atoms with van der Waals surface area (Å²) in [4.78, 5) is 7.07. The summed E-state index contributed by atoms with van der Waals surface area (Å²) in [5.41, 5.74) is 2.11. The maximum atomic E-state index is 5.95. The number of hydrogen-bond donors (Lipinski definition) is 2. The summed E-state index contributed by atoms with van der Waals surface area (Å²) in [5, 5.41) is 7.91. The number of guanidine groups is 1. The van der Waals surface area contributed by atoms with E-state index in [9.17, 15) is 0 Å². The molecule has 0 unspecified atom stereocenters. The fraction of sp³-hybridized carbons (Fsp3) is 0.571. The molecule has 2 N–H and O–H groups in total. The van der Waals surface area contributed by atoms with Crippen molar-refractivity contribution in [2.75, 3.05) is 26.7 Å². The SMILES string of the molecule is CCNC(=NCc1oc2ccccc2c1C)NCCCCN(C)C(C)C. The molecule has 1 aromatic carbocycles. The minimum atomic E-state index is 0.548. The Morgan fingerprint density at radius 3 is 2.65 bits per heavy atom. The minimum absolute atomic E-state index is 0.548. The number of aryl methyl sites for hydroxylation is 1. The molecule has 0 amide bonds. The molecule has 2 aromatic rings. The molecule has 0 radical (unpaired) electrons. The van der Waals surface area contributed by atoms with Crippen LogP contribution in [-0.4, -0.2) is 43.6 Å². The van der Waals surface area contributed by atoms with E-state index in [0.29, 0.717) is 12.6 Å². The highest BCUT2D eigenvalue weighted by Gasteiger charge is 2.09. The molecular weight excluding hydrogens is 324 g/mol. The van der Waals surface area contributed by atoms with Crippen LogP contribution < -0.4 is 10.6 Å². The molecule has 1 aromatic heterocycles. The van der Waals surface area contributed by atoms with Crippen LogP contribution in [0.15, 0.2) is 33.7 Å². The van der Waals surface area contributed by atoms with Gasteiger partial charge < -0.3 is 20.0 Å². The van der Waals surface area contributed by atoms with Crippen molar-refractivity contribution in [2.45, 2.75) is 53.1 Å². The van der Waals surface area contributed by atoms with Crippen LogP contribution in [0.1, 0.15) is 44.9 Å². The summed E-state index contributed by atoms with van der Waals surface area (Å²) in [6.07, 6.45) is 2.31. The van der Waals surface area contributed by atoms with E-state index in [0.717, 1.165) is 43.4 Å². The molecule has 0 atom stereocenters. The van der Waals surface area contributed by atoms with Gasteiger partial charge in [-0.3, -0.25) is 0 Å². The van der Waals surface area contributed by atoms with Gasteiger partial charge in [0.2, 0.25) is 0 Å². The molecule has 0 aliphatic heterocycles. The zero-order chi connectivity index (χ0) is 18.9. The molecule has 26 heavy (non-hydrogen) atoms. The Morgan fingerprint density at radius 2 is 1.96 bits per heavy atom. The number of nitrogens with one attached hydrogen (secondary N) is 2. The predicted octanol–water partition coefficient (Wildman–Crippen LogP) is 3.92. The van der Waals surface area contributed by atoms with E-state index in [1.165, 1.54) is 17.4 Å². The minimum Gasteiger partial charge on any atom is -0.459 e. The zero-order valence-corrected chi connectivity index (χ0v) is 16.9. The average Bonchev–Trinajstić information content (AvgIpc) is 2.95. The highest BCUT2D eigenvalue weighted by Crippen LogP contribution is 2.25. The molecule has 1 heterocycles. The largest absolute Gasteiger partial charge is 0.459 e. The van der Waals surface area contributed by atoms with Crippen molar-refractivity contribution in [3.8, 4) is 0 Å². The lowest BCUT2D eigenvalue weighted by Gasteiger charge is -2.20. The van der Waals surface area contributed by atoms with Gasteiger partial charge in [-0.15, -0.1) is 0 Å². The van der Waals surface area contributed by atoms with Gasteiger partial charge in [0.15, 0.2) is 5.96 Å². The van der Waals surface area contributed by atoms with Crippen LogP contribution in [0, 0.1) is 6.92 Å². The lowest BCUT2D eigenvalue weighted by molar-refractivity contribution is 0.268. The highest BCUT2D eigenvalue weighted by molar-refractivity contribution is 5.82. The van der Waals surface area contributed by atoms with Gasteiger partial charge in [0, 0.05) is 30.1 Å². The molecular formula is C21H34N4O. The van der Waals surface area contributed by atoms with Gasteiger partial charge in [0.1, 0.15) is 17.9 Å². The van der Waals surface area contributed by atoms with E-state index < -0.39 is 0 Å². The molecule has 0 saturated carbocycles. The number of fused-ring (bicyclic) bond motifs is 1. The Labute approximate surface area is 157 Å². The molecule has 0 aliphatic carbocycles. The summed E-state index contributed by atoms with van der Waals surface area (Å²) < 4.78 is 5.95. The number of para-hydroxylation sites is 1. The molecule has 0 saturated heterocycles. The Bertz CT molecular complexity index is 705. The smallest absolute Gasteiger partial charge is 0.191 e. The third-order valence-corrected chi connectivity index (χ3v) is 4.78. The maximum absolute atomic E-state index is 5.95. The highest BCUT2D eigenvalue weighted by atomic mass is 16.3. The van der Waals surface area contributed by atoms with Crippen LogP contribution in [0.4, 0.5) is 0 Å². The number of benzene rings is 1. The zero-order valence-electron chi connectivity index (χ0n) is 16.9. The van der Waals surface area contributed by atoms with Gasteiger partial charge in [-0.1, -0.05) is 18.2 Å². The van der Waals surface area contributed by atoms with Crippen LogP contribution in [-0.2, 0) is 6.54 Å². The number of nitrogens with zero attached hydrogens (tertiary/aromatic N) is 2. The van der Waals surface area contributed by atoms with Crippen LogP contribution in [0.2, 0.25) is 0 Å². The first-order chi connectivity index (χ1) is 12.5. The molecule has 144 valence electrons. The van der Waals surface area contributed by atoms with Crippen LogP contribution >= 0.6 is 0 Å². The van der Waals surface area contributed by atoms with Gasteiger partial charge in [0.05, 0.1) is 0 Å². The first-order valence-electron chi connectivity index (χ1n) is 9.72. The van der Waals surface area contributed by atoms with E-state index >= 15 is 0 Å². The van der Waals surface area contributed by atoms with Crippen molar-refractivity contribution in [1.29, 1.82) is 0 Å². The number of hydrogen-bond acceptors (Lipinski definition) is 3.